The molecule has 2 fully saturated rings. The van der Waals surface area contributed by atoms with Gasteiger partial charge < -0.3 is 19.9 Å². The molecule has 2 N–H and O–H groups in total. The maximum atomic E-state index is 14.6. The molecule has 1 aliphatic heterocycles. The fraction of sp³-hybridized carbons (Fsp3) is 0.389. The summed E-state index contributed by atoms with van der Waals surface area (Å²) >= 11 is 0. The van der Waals surface area contributed by atoms with Crippen LogP contribution in [-0.4, -0.2) is 40.7 Å². The van der Waals surface area contributed by atoms with Crippen LogP contribution in [0.2, 0.25) is 0 Å². The molecule has 1 saturated heterocycles. The van der Waals surface area contributed by atoms with E-state index in [4.69, 9.17) is 0 Å². The molecule has 1 amide bonds. The third-order valence-electron chi connectivity index (χ3n) is 4.90. The maximum absolute atomic E-state index is 14.6. The van der Waals surface area contributed by atoms with Crippen LogP contribution in [-0.2, 0) is 4.79 Å². The molecule has 0 spiro atoms. The highest BCUT2D eigenvalue weighted by Crippen LogP contribution is 2.38. The topological polar surface area (TPSA) is 91.6 Å². The number of hydrogen-bond acceptors (Lipinski definition) is 4. The van der Waals surface area contributed by atoms with Crippen molar-refractivity contribution in [3.05, 3.63) is 39.9 Å². The Balaban J connectivity index is 1.78. The van der Waals surface area contributed by atoms with Crippen LogP contribution in [0.4, 0.5) is 10.1 Å². The summed E-state index contributed by atoms with van der Waals surface area (Å²) in [5, 5.41) is 12.1. The third-order valence-corrected chi connectivity index (χ3v) is 4.90. The largest absolute Gasteiger partial charge is 0.477 e. The van der Waals surface area contributed by atoms with Crippen molar-refractivity contribution in [2.75, 3.05) is 18.0 Å². The van der Waals surface area contributed by atoms with E-state index in [1.54, 1.807) is 15.5 Å². The number of aromatic carboxylic acids is 1. The number of hydrogen-bond donors (Lipinski definition) is 2. The van der Waals surface area contributed by atoms with Crippen molar-refractivity contribution in [1.82, 2.24) is 9.88 Å². The Morgan fingerprint density at radius 1 is 1.27 bits per heavy atom. The Morgan fingerprint density at radius 2 is 1.96 bits per heavy atom. The maximum Gasteiger partial charge on any atom is 0.341 e. The van der Waals surface area contributed by atoms with Crippen LogP contribution in [0.3, 0.4) is 0 Å². The summed E-state index contributed by atoms with van der Waals surface area (Å²) in [4.78, 5) is 36.7. The molecule has 4 rings (SSSR count). The summed E-state index contributed by atoms with van der Waals surface area (Å²) in [6, 6.07) is 2.85. The van der Waals surface area contributed by atoms with E-state index in [1.807, 2.05) is 0 Å². The number of carbonyl (C=O) groups excluding carboxylic acids is 1. The molecule has 0 unspecified atom stereocenters. The van der Waals surface area contributed by atoms with Gasteiger partial charge in [0.05, 0.1) is 17.2 Å². The number of nitrogens with zero attached hydrogens (tertiary/aromatic N) is 2. The highest BCUT2D eigenvalue weighted by atomic mass is 19.1. The number of pyridine rings is 1. The van der Waals surface area contributed by atoms with Crippen LogP contribution >= 0.6 is 0 Å². The van der Waals surface area contributed by atoms with Gasteiger partial charge in [-0.05, 0) is 25.0 Å². The number of benzene rings is 1. The van der Waals surface area contributed by atoms with Crippen LogP contribution in [0.5, 0.6) is 0 Å². The number of carbonyl (C=O) groups is 2. The molecule has 2 aromatic rings. The first-order valence-corrected chi connectivity index (χ1v) is 8.49. The minimum Gasteiger partial charge on any atom is -0.477 e. The predicted octanol–water partition coefficient (Wildman–Crippen LogP) is 1.50. The highest BCUT2D eigenvalue weighted by molar-refractivity contribution is 5.93. The molecule has 136 valence electrons. The van der Waals surface area contributed by atoms with Crippen LogP contribution < -0.4 is 15.6 Å². The van der Waals surface area contributed by atoms with E-state index < -0.39 is 17.2 Å². The Labute approximate surface area is 148 Å². The molecule has 0 radical (unpaired) electrons. The third kappa shape index (κ3) is 2.71. The van der Waals surface area contributed by atoms with Crippen molar-refractivity contribution >= 4 is 28.5 Å². The molecule has 26 heavy (non-hydrogen) atoms. The minimum atomic E-state index is -1.31. The SMILES string of the molecule is CC(=O)NC1CN(c2cc3c(cc2F)c(=O)c(C(=O)O)cn3C2CC2)C1. The molecule has 2 aliphatic rings. The monoisotopic (exact) mass is 359 g/mol. The predicted molar refractivity (Wildman–Crippen MR) is 93.2 cm³/mol. The van der Waals surface area contributed by atoms with E-state index >= 15 is 0 Å². The molecule has 0 bridgehead atoms. The van der Waals surface area contributed by atoms with E-state index in [9.17, 15) is 23.9 Å². The van der Waals surface area contributed by atoms with Gasteiger partial charge in [-0.15, -0.1) is 0 Å². The Morgan fingerprint density at radius 3 is 2.54 bits per heavy atom. The molecule has 1 saturated carbocycles. The van der Waals surface area contributed by atoms with Gasteiger partial charge in [0.25, 0.3) is 0 Å². The summed E-state index contributed by atoms with van der Waals surface area (Å²) in [5.74, 6) is -2.00. The summed E-state index contributed by atoms with van der Waals surface area (Å²) in [7, 11) is 0. The molecule has 8 heteroatoms. The summed E-state index contributed by atoms with van der Waals surface area (Å²) < 4.78 is 16.4. The van der Waals surface area contributed by atoms with E-state index in [2.05, 4.69) is 5.32 Å². The molecular weight excluding hydrogens is 341 g/mol. The lowest BCUT2D eigenvalue weighted by Crippen LogP contribution is -2.59. The zero-order chi connectivity index (χ0) is 18.6. The van der Waals surface area contributed by atoms with Crippen LogP contribution in [0.25, 0.3) is 10.9 Å². The first kappa shape index (κ1) is 16.6. The Bertz CT molecular complexity index is 990. The lowest BCUT2D eigenvalue weighted by molar-refractivity contribution is -0.119. The molecule has 0 atom stereocenters. The van der Waals surface area contributed by atoms with Crippen LogP contribution in [0.1, 0.15) is 36.2 Å². The number of fused-ring (bicyclic) bond motifs is 1. The van der Waals surface area contributed by atoms with Crippen molar-refractivity contribution in [3.63, 3.8) is 0 Å². The zero-order valence-electron chi connectivity index (χ0n) is 14.2. The average Bonchev–Trinajstić information content (AvgIpc) is 3.35. The number of rotatable bonds is 4. The van der Waals surface area contributed by atoms with E-state index in [1.165, 1.54) is 13.1 Å². The second kappa shape index (κ2) is 5.82. The van der Waals surface area contributed by atoms with Gasteiger partial charge in [-0.2, -0.15) is 0 Å². The molecule has 1 aliphatic carbocycles. The van der Waals surface area contributed by atoms with Crippen LogP contribution in [0.15, 0.2) is 23.1 Å². The van der Waals surface area contributed by atoms with Crippen LogP contribution in [0, 0.1) is 5.82 Å². The lowest BCUT2D eigenvalue weighted by Gasteiger charge is -2.41. The van der Waals surface area contributed by atoms with Gasteiger partial charge in [-0.3, -0.25) is 9.59 Å². The van der Waals surface area contributed by atoms with Crippen molar-refractivity contribution in [1.29, 1.82) is 0 Å². The summed E-state index contributed by atoms with van der Waals surface area (Å²) in [5.41, 5.74) is -0.112. The standard InChI is InChI=1S/C18H18FN3O4/c1-9(23)20-10-6-21(7-10)16-5-15-12(4-14(16)19)17(24)13(18(25)26)8-22(15)11-2-3-11/h4-5,8,10-11H,2-3,6-7H2,1H3,(H,20,23)(H,25,26). The first-order chi connectivity index (χ1) is 12.3. The van der Waals surface area contributed by atoms with Gasteiger partial charge in [-0.1, -0.05) is 0 Å². The second-order valence-corrected chi connectivity index (χ2v) is 6.94. The van der Waals surface area contributed by atoms with Gasteiger partial charge in [-0.25, -0.2) is 9.18 Å². The Hall–Kier alpha value is -2.90. The van der Waals surface area contributed by atoms with Crippen molar-refractivity contribution in [3.8, 4) is 0 Å². The number of aromatic nitrogens is 1. The fourth-order valence-corrected chi connectivity index (χ4v) is 3.46. The quantitative estimate of drug-likeness (QED) is 0.863. The minimum absolute atomic E-state index is 0.0254. The zero-order valence-corrected chi connectivity index (χ0v) is 14.2. The van der Waals surface area contributed by atoms with Crippen molar-refractivity contribution < 1.29 is 19.1 Å². The van der Waals surface area contributed by atoms with Crippen molar-refractivity contribution in [2.45, 2.75) is 31.8 Å². The molecule has 7 nitrogen and oxygen atoms in total. The van der Waals surface area contributed by atoms with E-state index in [0.717, 1.165) is 18.9 Å². The second-order valence-electron chi connectivity index (χ2n) is 6.94. The van der Waals surface area contributed by atoms with Gasteiger partial charge in [0.15, 0.2) is 0 Å². The number of halogens is 1. The molecule has 2 heterocycles. The normalized spacial score (nSPS) is 17.2. The first-order valence-electron chi connectivity index (χ1n) is 8.49. The summed E-state index contributed by atoms with van der Waals surface area (Å²) in [6.07, 6.45) is 3.17. The van der Waals surface area contributed by atoms with E-state index in [-0.39, 0.29) is 28.9 Å². The number of carboxylic acids is 1. The lowest BCUT2D eigenvalue weighted by atomic mass is 10.0. The smallest absolute Gasteiger partial charge is 0.341 e. The number of amides is 1. The van der Waals surface area contributed by atoms with Gasteiger partial charge in [0.2, 0.25) is 11.3 Å². The van der Waals surface area contributed by atoms with Gasteiger partial charge >= 0.3 is 5.97 Å². The van der Waals surface area contributed by atoms with Crippen molar-refractivity contribution in [2.24, 2.45) is 0 Å². The number of anilines is 1. The summed E-state index contributed by atoms with van der Waals surface area (Å²) in [6.45, 7) is 2.42. The molecule has 1 aromatic carbocycles. The number of nitrogens with one attached hydrogen (secondary N) is 1. The fourth-order valence-electron chi connectivity index (χ4n) is 3.46. The van der Waals surface area contributed by atoms with Gasteiger partial charge in [0.1, 0.15) is 11.4 Å². The average molecular weight is 359 g/mol. The molecule has 1 aromatic heterocycles. The Kier molecular flexibility index (Phi) is 3.71. The highest BCUT2D eigenvalue weighted by Gasteiger charge is 2.31. The van der Waals surface area contributed by atoms with E-state index in [0.29, 0.717) is 24.3 Å². The van der Waals surface area contributed by atoms with Gasteiger partial charge in [0, 0.05) is 37.6 Å². The molecular formula is C18H18FN3O4. The number of carboxylic acid groups (broad SMARTS) is 1.